The molecule has 1 unspecified atom stereocenters. The fourth-order valence-corrected chi connectivity index (χ4v) is 4.41. The molecule has 8 nitrogen and oxygen atoms in total. The summed E-state index contributed by atoms with van der Waals surface area (Å²) in [5.41, 5.74) is 0.725. The van der Waals surface area contributed by atoms with Gasteiger partial charge in [0.1, 0.15) is 5.75 Å². The molecule has 1 aliphatic heterocycles. The number of halogens is 1. The third kappa shape index (κ3) is 4.34. The smallest absolute Gasteiger partial charge is 0.290 e. The predicted molar refractivity (Wildman–Crippen MR) is 127 cm³/mol. The maximum absolute atomic E-state index is 13.6. The molecule has 1 aliphatic rings. The molecule has 0 radical (unpaired) electrons. The van der Waals surface area contributed by atoms with Gasteiger partial charge >= 0.3 is 0 Å². The number of rotatable bonds is 8. The molecule has 2 heterocycles. The Hall–Kier alpha value is -3.49. The van der Waals surface area contributed by atoms with Crippen molar-refractivity contribution in [2.75, 3.05) is 34.3 Å². The molecule has 9 heteroatoms. The van der Waals surface area contributed by atoms with E-state index in [2.05, 4.69) is 0 Å². The minimum absolute atomic E-state index is 0.0144. The number of methoxy groups -OCH3 is 1. The van der Waals surface area contributed by atoms with Crippen molar-refractivity contribution < 1.29 is 29.0 Å². The molecule has 0 fully saturated rings. The first-order chi connectivity index (χ1) is 16.2. The van der Waals surface area contributed by atoms with Gasteiger partial charge in [0.2, 0.25) is 5.78 Å². The maximum atomic E-state index is 13.6. The summed E-state index contributed by atoms with van der Waals surface area (Å²) >= 11 is 6.13. The van der Waals surface area contributed by atoms with Crippen LogP contribution in [-0.4, -0.2) is 66.0 Å². The topological polar surface area (TPSA) is 103 Å². The van der Waals surface area contributed by atoms with Crippen molar-refractivity contribution in [1.82, 2.24) is 9.80 Å². The number of fused-ring (bicyclic) bond motifs is 1. The second-order valence-electron chi connectivity index (χ2n) is 8.38. The monoisotopic (exact) mass is 484 g/mol. The van der Waals surface area contributed by atoms with Crippen LogP contribution in [-0.2, 0) is 4.79 Å². The summed E-state index contributed by atoms with van der Waals surface area (Å²) in [7, 11) is 5.30. The van der Waals surface area contributed by atoms with E-state index >= 15 is 0 Å². The molecule has 2 N–H and O–H groups in total. The van der Waals surface area contributed by atoms with Gasteiger partial charge in [-0.1, -0.05) is 23.7 Å². The van der Waals surface area contributed by atoms with E-state index < -0.39 is 23.5 Å². The molecular weight excluding hydrogens is 460 g/mol. The quantitative estimate of drug-likeness (QED) is 0.458. The van der Waals surface area contributed by atoms with Gasteiger partial charge in [0, 0.05) is 23.0 Å². The van der Waals surface area contributed by atoms with E-state index in [9.17, 15) is 19.8 Å². The number of hydrogen-bond acceptors (Lipinski definition) is 7. The Morgan fingerprint density at radius 1 is 1.21 bits per heavy atom. The van der Waals surface area contributed by atoms with E-state index in [0.29, 0.717) is 46.8 Å². The lowest BCUT2D eigenvalue weighted by Gasteiger charge is -2.27. The number of hydrogen-bond donors (Lipinski definition) is 2. The zero-order chi connectivity index (χ0) is 24.6. The Morgan fingerprint density at radius 2 is 1.97 bits per heavy atom. The van der Waals surface area contributed by atoms with E-state index in [-0.39, 0.29) is 17.1 Å². The minimum Gasteiger partial charge on any atom is -0.508 e. The molecule has 0 bridgehead atoms. The molecule has 178 valence electrons. The summed E-state index contributed by atoms with van der Waals surface area (Å²) in [5.74, 6) is -1.63. The SMILES string of the molecule is COc1cc(Cl)cc2cc(C(=O)C3=C(O)C(=O)N(CCCN(C)C)C3c3cccc(O)c3)oc12. The largest absolute Gasteiger partial charge is 0.508 e. The van der Waals surface area contributed by atoms with Gasteiger partial charge in [0.15, 0.2) is 22.9 Å². The summed E-state index contributed by atoms with van der Waals surface area (Å²) < 4.78 is 11.1. The number of phenols is 1. The van der Waals surface area contributed by atoms with E-state index in [1.807, 2.05) is 19.0 Å². The second kappa shape index (κ2) is 9.40. The fourth-order valence-electron chi connectivity index (χ4n) is 4.20. The van der Waals surface area contributed by atoms with Crippen LogP contribution in [0.2, 0.25) is 5.02 Å². The van der Waals surface area contributed by atoms with Gasteiger partial charge in [0.25, 0.3) is 5.91 Å². The first-order valence-electron chi connectivity index (χ1n) is 10.7. The molecule has 1 amide bonds. The number of carbonyl (C=O) groups is 2. The van der Waals surface area contributed by atoms with Crippen LogP contribution in [0.3, 0.4) is 0 Å². The van der Waals surface area contributed by atoms with E-state index in [0.717, 1.165) is 0 Å². The van der Waals surface area contributed by atoms with Gasteiger partial charge in [0.05, 0.1) is 18.7 Å². The number of aliphatic hydroxyl groups is 1. The maximum Gasteiger partial charge on any atom is 0.290 e. The summed E-state index contributed by atoms with van der Waals surface area (Å²) in [4.78, 5) is 30.1. The van der Waals surface area contributed by atoms with Crippen molar-refractivity contribution in [3.63, 3.8) is 0 Å². The number of benzene rings is 2. The third-order valence-electron chi connectivity index (χ3n) is 5.73. The van der Waals surface area contributed by atoms with E-state index in [1.54, 1.807) is 24.3 Å². The number of Topliss-reactive ketones (excluding diaryl/α,β-unsaturated/α-hetero) is 1. The molecule has 0 saturated carbocycles. The Morgan fingerprint density at radius 3 is 2.65 bits per heavy atom. The van der Waals surface area contributed by atoms with Gasteiger partial charge in [-0.3, -0.25) is 9.59 Å². The predicted octanol–water partition coefficient (Wildman–Crippen LogP) is 4.33. The molecule has 0 saturated heterocycles. The normalized spacial score (nSPS) is 16.2. The van der Waals surface area contributed by atoms with Crippen LogP contribution in [0.4, 0.5) is 0 Å². The van der Waals surface area contributed by atoms with Gasteiger partial charge < -0.3 is 29.2 Å². The number of ether oxygens (including phenoxy) is 1. The molecule has 1 aromatic heterocycles. The van der Waals surface area contributed by atoms with Crippen molar-refractivity contribution in [3.05, 3.63) is 70.1 Å². The van der Waals surface area contributed by atoms with Crippen LogP contribution < -0.4 is 4.74 Å². The molecule has 0 aliphatic carbocycles. The van der Waals surface area contributed by atoms with Crippen molar-refractivity contribution in [2.24, 2.45) is 0 Å². The number of nitrogens with zero attached hydrogens (tertiary/aromatic N) is 2. The summed E-state index contributed by atoms with van der Waals surface area (Å²) in [6, 6.07) is 10.1. The lowest BCUT2D eigenvalue weighted by Crippen LogP contribution is -2.33. The third-order valence-corrected chi connectivity index (χ3v) is 5.95. The molecule has 0 spiro atoms. The van der Waals surface area contributed by atoms with Crippen LogP contribution in [0, 0.1) is 0 Å². The van der Waals surface area contributed by atoms with Gasteiger partial charge in [-0.05, 0) is 56.9 Å². The summed E-state index contributed by atoms with van der Waals surface area (Å²) in [6.45, 7) is 1.02. The highest BCUT2D eigenvalue weighted by molar-refractivity contribution is 6.31. The second-order valence-corrected chi connectivity index (χ2v) is 8.82. The van der Waals surface area contributed by atoms with Crippen molar-refractivity contribution in [3.8, 4) is 11.5 Å². The zero-order valence-corrected chi connectivity index (χ0v) is 19.8. The Balaban J connectivity index is 1.78. The van der Waals surface area contributed by atoms with Crippen molar-refractivity contribution >= 4 is 34.3 Å². The van der Waals surface area contributed by atoms with Gasteiger partial charge in [-0.25, -0.2) is 0 Å². The first kappa shape index (κ1) is 23.7. The number of ketones is 1. The number of aliphatic hydroxyl groups excluding tert-OH is 1. The van der Waals surface area contributed by atoms with Crippen LogP contribution in [0.15, 0.2) is 58.2 Å². The number of aromatic hydroxyl groups is 1. The van der Waals surface area contributed by atoms with Gasteiger partial charge in [-0.2, -0.15) is 0 Å². The molecule has 4 rings (SSSR count). The minimum atomic E-state index is -0.882. The lowest BCUT2D eigenvalue weighted by atomic mass is 9.94. The average Bonchev–Trinajstić information content (AvgIpc) is 3.32. The average molecular weight is 485 g/mol. The molecule has 2 aromatic carbocycles. The highest BCUT2D eigenvalue weighted by Gasteiger charge is 2.44. The summed E-state index contributed by atoms with van der Waals surface area (Å²) in [5, 5.41) is 21.8. The van der Waals surface area contributed by atoms with Crippen LogP contribution in [0.1, 0.15) is 28.6 Å². The highest BCUT2D eigenvalue weighted by Crippen LogP contribution is 2.41. The number of amides is 1. The number of phenolic OH excluding ortho intramolecular Hbond substituents is 1. The first-order valence-corrected chi connectivity index (χ1v) is 11.1. The Kier molecular flexibility index (Phi) is 6.54. The van der Waals surface area contributed by atoms with Crippen molar-refractivity contribution in [2.45, 2.75) is 12.5 Å². The van der Waals surface area contributed by atoms with Crippen molar-refractivity contribution in [1.29, 1.82) is 0 Å². The lowest BCUT2D eigenvalue weighted by molar-refractivity contribution is -0.129. The molecule has 1 atom stereocenters. The zero-order valence-electron chi connectivity index (χ0n) is 19.0. The van der Waals surface area contributed by atoms with E-state index in [4.69, 9.17) is 20.8 Å². The van der Waals surface area contributed by atoms with Crippen LogP contribution >= 0.6 is 11.6 Å². The standard InChI is InChI=1S/C25H25ClN2O6/c1-27(2)8-5-9-28-21(14-6-4-7-17(29)11-14)20(23(31)25(28)32)22(30)18-12-15-10-16(26)13-19(33-3)24(15)34-18/h4,6-7,10-13,21,29,31H,5,8-9H2,1-3H3. The van der Waals surface area contributed by atoms with Gasteiger partial charge in [-0.15, -0.1) is 0 Å². The van der Waals surface area contributed by atoms with Crippen LogP contribution in [0.25, 0.3) is 11.0 Å². The number of furan rings is 1. The summed E-state index contributed by atoms with van der Waals surface area (Å²) in [6.07, 6.45) is 0.628. The van der Waals surface area contributed by atoms with E-state index in [1.165, 1.54) is 30.2 Å². The highest BCUT2D eigenvalue weighted by atomic mass is 35.5. The van der Waals surface area contributed by atoms with Crippen LogP contribution in [0.5, 0.6) is 11.5 Å². The fraction of sp³-hybridized carbons (Fsp3) is 0.280. The Bertz CT molecular complexity index is 1300. The molecular formula is C25H25ClN2O6. The number of carbonyl (C=O) groups excluding carboxylic acids is 2. The molecule has 34 heavy (non-hydrogen) atoms. The molecule has 3 aromatic rings. The Labute approximate surface area is 201 Å².